The van der Waals surface area contributed by atoms with Gasteiger partial charge >= 0.3 is 6.03 Å². The molecule has 1 aliphatic heterocycles. The number of piperidine rings is 1. The van der Waals surface area contributed by atoms with E-state index in [2.05, 4.69) is 33.0 Å². The highest BCUT2D eigenvalue weighted by molar-refractivity contribution is 5.72. The van der Waals surface area contributed by atoms with E-state index in [0.29, 0.717) is 22.9 Å². The molecule has 0 unspecified atom stereocenters. The van der Waals surface area contributed by atoms with E-state index < -0.39 is 0 Å². The van der Waals surface area contributed by atoms with Crippen LogP contribution in [0.25, 0.3) is 0 Å². The Bertz CT molecular complexity index is 303. The van der Waals surface area contributed by atoms with Crippen molar-refractivity contribution in [2.24, 2.45) is 16.6 Å². The number of hydrogen-bond acceptors (Lipinski definition) is 2. The first-order chi connectivity index (χ1) is 7.76. The molecule has 1 saturated carbocycles. The Morgan fingerprint density at radius 3 is 2.00 bits per heavy atom. The molecule has 0 aromatic carbocycles. The zero-order chi connectivity index (χ0) is 12.8. The van der Waals surface area contributed by atoms with Gasteiger partial charge in [-0.2, -0.15) is 0 Å². The lowest BCUT2D eigenvalue weighted by Crippen LogP contribution is -2.48. The number of nitrogens with zero attached hydrogens (tertiary/aromatic N) is 1. The Balaban J connectivity index is 1.82. The molecule has 3 N–H and O–H groups in total. The SMILES string of the molecule is CC1(C)C(NC2CCN(C(N)=O)CC2)C1(C)C. The summed E-state index contributed by atoms with van der Waals surface area (Å²) in [7, 11) is 0. The minimum Gasteiger partial charge on any atom is -0.351 e. The van der Waals surface area contributed by atoms with Crippen LogP contribution in [-0.2, 0) is 0 Å². The van der Waals surface area contributed by atoms with Crippen molar-refractivity contribution < 1.29 is 4.79 Å². The van der Waals surface area contributed by atoms with E-state index in [1.54, 1.807) is 4.90 Å². The van der Waals surface area contributed by atoms with Crippen molar-refractivity contribution in [2.45, 2.75) is 52.6 Å². The Morgan fingerprint density at radius 2 is 1.65 bits per heavy atom. The molecule has 0 aromatic heterocycles. The predicted octanol–water partition coefficient (Wildman–Crippen LogP) is 1.55. The maximum atomic E-state index is 11.0. The maximum Gasteiger partial charge on any atom is 0.314 e. The molecular formula is C13H25N3O. The highest BCUT2D eigenvalue weighted by Crippen LogP contribution is 2.62. The number of hydrogen-bond donors (Lipinski definition) is 2. The fourth-order valence-electron chi connectivity index (χ4n) is 3.12. The molecule has 0 aromatic rings. The quantitative estimate of drug-likeness (QED) is 0.768. The molecule has 98 valence electrons. The van der Waals surface area contributed by atoms with Gasteiger partial charge in [-0.1, -0.05) is 27.7 Å². The molecule has 2 aliphatic rings. The molecule has 4 nitrogen and oxygen atoms in total. The van der Waals surface area contributed by atoms with Gasteiger partial charge in [-0.05, 0) is 23.7 Å². The first-order valence-corrected chi connectivity index (χ1v) is 6.57. The molecule has 1 saturated heterocycles. The van der Waals surface area contributed by atoms with E-state index in [1.807, 2.05) is 0 Å². The normalized spacial score (nSPS) is 28.1. The summed E-state index contributed by atoms with van der Waals surface area (Å²) in [5.41, 5.74) is 6.04. The van der Waals surface area contributed by atoms with Crippen molar-refractivity contribution in [3.63, 3.8) is 0 Å². The van der Waals surface area contributed by atoms with E-state index in [9.17, 15) is 4.79 Å². The van der Waals surface area contributed by atoms with Gasteiger partial charge in [0.1, 0.15) is 0 Å². The number of amides is 2. The molecule has 2 amide bonds. The molecule has 0 spiro atoms. The average molecular weight is 239 g/mol. The van der Waals surface area contributed by atoms with E-state index >= 15 is 0 Å². The van der Waals surface area contributed by atoms with Crippen molar-refractivity contribution in [3.8, 4) is 0 Å². The largest absolute Gasteiger partial charge is 0.351 e. The van der Waals surface area contributed by atoms with Crippen LogP contribution in [0.5, 0.6) is 0 Å². The Morgan fingerprint density at radius 1 is 1.18 bits per heavy atom. The summed E-state index contributed by atoms with van der Waals surface area (Å²) in [4.78, 5) is 12.8. The number of primary amides is 1. The summed E-state index contributed by atoms with van der Waals surface area (Å²) in [5.74, 6) is 0. The van der Waals surface area contributed by atoms with E-state index in [-0.39, 0.29) is 6.03 Å². The molecule has 2 rings (SSSR count). The Kier molecular flexibility index (Phi) is 2.89. The lowest BCUT2D eigenvalue weighted by molar-refractivity contribution is 0.183. The topological polar surface area (TPSA) is 58.4 Å². The molecule has 2 fully saturated rings. The van der Waals surface area contributed by atoms with Crippen molar-refractivity contribution in [3.05, 3.63) is 0 Å². The monoisotopic (exact) mass is 239 g/mol. The standard InChI is InChI=1S/C13H25N3O/c1-12(2)10(13(12,3)4)15-9-5-7-16(8-6-9)11(14)17/h9-10,15H,5-8H2,1-4H3,(H2,14,17). The van der Waals surface area contributed by atoms with Gasteiger partial charge in [0.25, 0.3) is 0 Å². The third-order valence-corrected chi connectivity index (χ3v) is 5.23. The summed E-state index contributed by atoms with van der Waals surface area (Å²) in [6, 6.07) is 0.854. The summed E-state index contributed by atoms with van der Waals surface area (Å²) in [6.45, 7) is 10.9. The van der Waals surface area contributed by atoms with Gasteiger partial charge in [0.2, 0.25) is 0 Å². The second kappa shape index (κ2) is 3.87. The molecule has 1 aliphatic carbocycles. The van der Waals surface area contributed by atoms with Gasteiger partial charge in [0.15, 0.2) is 0 Å². The minimum atomic E-state index is -0.282. The van der Waals surface area contributed by atoms with Gasteiger partial charge in [-0.15, -0.1) is 0 Å². The van der Waals surface area contributed by atoms with Crippen LogP contribution in [0, 0.1) is 10.8 Å². The van der Waals surface area contributed by atoms with Crippen LogP contribution in [0.2, 0.25) is 0 Å². The lowest BCUT2D eigenvalue weighted by atomic mass is 10.0. The van der Waals surface area contributed by atoms with Crippen molar-refractivity contribution in [2.75, 3.05) is 13.1 Å². The molecule has 4 heteroatoms. The van der Waals surface area contributed by atoms with Gasteiger partial charge in [0.05, 0.1) is 0 Å². The van der Waals surface area contributed by atoms with Crippen molar-refractivity contribution >= 4 is 6.03 Å². The molecule has 0 bridgehead atoms. The van der Waals surface area contributed by atoms with E-state index in [0.717, 1.165) is 25.9 Å². The van der Waals surface area contributed by atoms with Crippen LogP contribution in [0.1, 0.15) is 40.5 Å². The van der Waals surface area contributed by atoms with Crippen LogP contribution >= 0.6 is 0 Å². The fourth-order valence-corrected chi connectivity index (χ4v) is 3.12. The molecule has 0 radical (unpaired) electrons. The van der Waals surface area contributed by atoms with Crippen LogP contribution in [0.4, 0.5) is 4.79 Å². The van der Waals surface area contributed by atoms with E-state index in [4.69, 9.17) is 5.73 Å². The van der Waals surface area contributed by atoms with Gasteiger partial charge in [0, 0.05) is 25.2 Å². The number of likely N-dealkylation sites (tertiary alicyclic amines) is 1. The second-order valence-corrected chi connectivity index (χ2v) is 6.64. The molecular weight excluding hydrogens is 214 g/mol. The number of carbonyl (C=O) groups excluding carboxylic acids is 1. The average Bonchev–Trinajstić information content (AvgIpc) is 2.62. The molecule has 17 heavy (non-hydrogen) atoms. The first-order valence-electron chi connectivity index (χ1n) is 6.57. The third kappa shape index (κ3) is 2.03. The number of carbonyl (C=O) groups is 1. The van der Waals surface area contributed by atoms with Crippen LogP contribution in [-0.4, -0.2) is 36.1 Å². The van der Waals surface area contributed by atoms with Crippen LogP contribution in [0.3, 0.4) is 0 Å². The predicted molar refractivity (Wildman–Crippen MR) is 68.7 cm³/mol. The zero-order valence-electron chi connectivity index (χ0n) is 11.4. The number of nitrogens with two attached hydrogens (primary N) is 1. The molecule has 1 heterocycles. The maximum absolute atomic E-state index is 11.0. The first kappa shape index (κ1) is 12.7. The number of urea groups is 1. The Hall–Kier alpha value is -0.770. The summed E-state index contributed by atoms with van der Waals surface area (Å²) in [5, 5.41) is 3.75. The van der Waals surface area contributed by atoms with Gasteiger partial charge in [-0.3, -0.25) is 0 Å². The fraction of sp³-hybridized carbons (Fsp3) is 0.923. The third-order valence-electron chi connectivity index (χ3n) is 5.23. The summed E-state index contributed by atoms with van der Waals surface area (Å²) in [6.07, 6.45) is 2.04. The highest BCUT2D eigenvalue weighted by Gasteiger charge is 2.64. The zero-order valence-corrected chi connectivity index (χ0v) is 11.4. The van der Waals surface area contributed by atoms with Crippen LogP contribution < -0.4 is 11.1 Å². The smallest absolute Gasteiger partial charge is 0.314 e. The van der Waals surface area contributed by atoms with Crippen LogP contribution in [0.15, 0.2) is 0 Å². The Labute approximate surface area is 104 Å². The number of nitrogens with one attached hydrogen (secondary N) is 1. The molecule has 0 atom stereocenters. The van der Waals surface area contributed by atoms with Gasteiger partial charge < -0.3 is 16.0 Å². The van der Waals surface area contributed by atoms with Gasteiger partial charge in [-0.25, -0.2) is 4.79 Å². The highest BCUT2D eigenvalue weighted by atomic mass is 16.2. The van der Waals surface area contributed by atoms with Crippen molar-refractivity contribution in [1.29, 1.82) is 0 Å². The minimum absolute atomic E-state index is 0.282. The van der Waals surface area contributed by atoms with E-state index in [1.165, 1.54) is 0 Å². The second-order valence-electron chi connectivity index (χ2n) is 6.64. The summed E-state index contributed by atoms with van der Waals surface area (Å²) >= 11 is 0. The summed E-state index contributed by atoms with van der Waals surface area (Å²) < 4.78 is 0. The lowest BCUT2D eigenvalue weighted by Gasteiger charge is -2.31. The number of rotatable bonds is 2. The van der Waals surface area contributed by atoms with Crippen molar-refractivity contribution in [1.82, 2.24) is 10.2 Å².